The summed E-state index contributed by atoms with van der Waals surface area (Å²) in [7, 11) is 0. The summed E-state index contributed by atoms with van der Waals surface area (Å²) in [5.74, 6) is 0.990. The van der Waals surface area contributed by atoms with Crippen LogP contribution in [0.4, 0.5) is 0 Å². The van der Waals surface area contributed by atoms with E-state index in [1.807, 2.05) is 37.3 Å². The Bertz CT molecular complexity index is 904. The van der Waals surface area contributed by atoms with E-state index in [4.69, 9.17) is 4.74 Å². The Kier molecular flexibility index (Phi) is 7.91. The van der Waals surface area contributed by atoms with Gasteiger partial charge in [-0.2, -0.15) is 0 Å². The standard InChI is InChI=1S/C24H33N3O2/c1-3-5-6-7-8-9-10-11-12-19-13-16-23(24(28)17-19)27-25-21-15-14-20(29-4-2)18-22(21)26-27/h13-18,28H,3-12H2,1-2H3. The van der Waals surface area contributed by atoms with Crippen LogP contribution >= 0.6 is 0 Å². The van der Waals surface area contributed by atoms with E-state index >= 15 is 0 Å². The summed E-state index contributed by atoms with van der Waals surface area (Å²) in [5.41, 5.74) is 3.28. The van der Waals surface area contributed by atoms with Gasteiger partial charge in [-0.3, -0.25) is 0 Å². The second kappa shape index (κ2) is 10.8. The van der Waals surface area contributed by atoms with Crippen LogP contribution in [0.5, 0.6) is 11.5 Å². The zero-order valence-corrected chi connectivity index (χ0v) is 17.7. The maximum absolute atomic E-state index is 10.5. The Morgan fingerprint density at radius 1 is 0.828 bits per heavy atom. The second-order valence-corrected chi connectivity index (χ2v) is 7.62. The molecule has 0 unspecified atom stereocenters. The number of fused-ring (bicyclic) bond motifs is 1. The Morgan fingerprint density at radius 2 is 1.55 bits per heavy atom. The predicted molar refractivity (Wildman–Crippen MR) is 118 cm³/mol. The van der Waals surface area contributed by atoms with Crippen molar-refractivity contribution in [3.8, 4) is 17.2 Å². The Balaban J connectivity index is 1.56. The van der Waals surface area contributed by atoms with Gasteiger partial charge in [0.05, 0.1) is 6.61 Å². The maximum atomic E-state index is 10.5. The van der Waals surface area contributed by atoms with Crippen molar-refractivity contribution in [2.75, 3.05) is 6.61 Å². The first kappa shape index (κ1) is 21.2. The van der Waals surface area contributed by atoms with E-state index in [0.717, 1.165) is 35.2 Å². The van der Waals surface area contributed by atoms with Crippen molar-refractivity contribution in [2.24, 2.45) is 0 Å². The van der Waals surface area contributed by atoms with Crippen LogP contribution in [-0.4, -0.2) is 26.7 Å². The molecule has 3 rings (SSSR count). The number of ether oxygens (including phenoxy) is 1. The zero-order valence-electron chi connectivity index (χ0n) is 17.7. The molecule has 1 N–H and O–H groups in total. The number of unbranched alkanes of at least 4 members (excludes halogenated alkanes) is 7. The minimum Gasteiger partial charge on any atom is -0.506 e. The highest BCUT2D eigenvalue weighted by molar-refractivity contribution is 5.75. The quantitative estimate of drug-likeness (QED) is 0.370. The highest BCUT2D eigenvalue weighted by Gasteiger charge is 2.10. The van der Waals surface area contributed by atoms with Gasteiger partial charge < -0.3 is 9.84 Å². The van der Waals surface area contributed by atoms with Crippen molar-refractivity contribution in [2.45, 2.75) is 71.6 Å². The molecule has 0 fully saturated rings. The minimum absolute atomic E-state index is 0.215. The smallest absolute Gasteiger partial charge is 0.143 e. The van der Waals surface area contributed by atoms with E-state index in [0.29, 0.717) is 12.3 Å². The van der Waals surface area contributed by atoms with Crippen LogP contribution in [0.1, 0.15) is 70.8 Å². The number of rotatable bonds is 12. The van der Waals surface area contributed by atoms with E-state index in [1.165, 1.54) is 49.7 Å². The number of aromatic hydroxyl groups is 1. The number of hydrogen-bond acceptors (Lipinski definition) is 4. The molecule has 0 aliphatic rings. The summed E-state index contributed by atoms with van der Waals surface area (Å²) < 4.78 is 5.52. The van der Waals surface area contributed by atoms with Gasteiger partial charge in [0.15, 0.2) is 0 Å². The summed E-state index contributed by atoms with van der Waals surface area (Å²) in [6.45, 7) is 4.82. The van der Waals surface area contributed by atoms with Crippen LogP contribution in [0.3, 0.4) is 0 Å². The molecule has 5 nitrogen and oxygen atoms in total. The zero-order chi connectivity index (χ0) is 20.5. The van der Waals surface area contributed by atoms with Crippen LogP contribution in [-0.2, 0) is 6.42 Å². The average Bonchev–Trinajstić information content (AvgIpc) is 3.13. The van der Waals surface area contributed by atoms with Gasteiger partial charge in [0, 0.05) is 6.07 Å². The number of aryl methyl sites for hydroxylation is 1. The molecule has 1 heterocycles. The molecular weight excluding hydrogens is 362 g/mol. The molecular formula is C24H33N3O2. The van der Waals surface area contributed by atoms with E-state index in [1.54, 1.807) is 0 Å². The largest absolute Gasteiger partial charge is 0.506 e. The maximum Gasteiger partial charge on any atom is 0.143 e. The van der Waals surface area contributed by atoms with Crippen molar-refractivity contribution in [3.63, 3.8) is 0 Å². The highest BCUT2D eigenvalue weighted by Crippen LogP contribution is 2.25. The third-order valence-corrected chi connectivity index (χ3v) is 5.24. The molecule has 0 amide bonds. The van der Waals surface area contributed by atoms with Crippen LogP contribution in [0.25, 0.3) is 16.7 Å². The second-order valence-electron chi connectivity index (χ2n) is 7.62. The van der Waals surface area contributed by atoms with E-state index in [9.17, 15) is 5.11 Å². The normalized spacial score (nSPS) is 11.2. The first-order chi connectivity index (χ1) is 14.2. The fraction of sp³-hybridized carbons (Fsp3) is 0.500. The van der Waals surface area contributed by atoms with Crippen LogP contribution in [0.2, 0.25) is 0 Å². The van der Waals surface area contributed by atoms with Gasteiger partial charge in [-0.15, -0.1) is 15.0 Å². The Labute approximate surface area is 173 Å². The summed E-state index contributed by atoms with van der Waals surface area (Å²) >= 11 is 0. The van der Waals surface area contributed by atoms with Gasteiger partial charge in [0.2, 0.25) is 0 Å². The summed E-state index contributed by atoms with van der Waals surface area (Å²) in [5, 5.41) is 19.5. The third kappa shape index (κ3) is 5.96. The molecule has 0 aliphatic heterocycles. The number of hydrogen-bond donors (Lipinski definition) is 1. The molecule has 1 aromatic heterocycles. The Morgan fingerprint density at radius 3 is 2.28 bits per heavy atom. The fourth-order valence-corrected chi connectivity index (χ4v) is 3.62. The van der Waals surface area contributed by atoms with Gasteiger partial charge in [-0.1, -0.05) is 57.9 Å². The van der Waals surface area contributed by atoms with Crippen molar-refractivity contribution < 1.29 is 9.84 Å². The molecule has 0 radical (unpaired) electrons. The van der Waals surface area contributed by atoms with Gasteiger partial charge >= 0.3 is 0 Å². The number of benzene rings is 2. The molecule has 156 valence electrons. The number of phenolic OH excluding ortho intramolecular Hbond substituents is 1. The summed E-state index contributed by atoms with van der Waals surface area (Å²) in [6, 6.07) is 11.5. The van der Waals surface area contributed by atoms with Crippen LogP contribution < -0.4 is 4.74 Å². The van der Waals surface area contributed by atoms with Crippen LogP contribution in [0, 0.1) is 0 Å². The lowest BCUT2D eigenvalue weighted by atomic mass is 10.0. The van der Waals surface area contributed by atoms with E-state index in [2.05, 4.69) is 23.2 Å². The first-order valence-electron chi connectivity index (χ1n) is 11.0. The molecule has 0 atom stereocenters. The lowest BCUT2D eigenvalue weighted by Gasteiger charge is -2.07. The Hall–Kier alpha value is -2.56. The molecule has 0 spiro atoms. The van der Waals surface area contributed by atoms with Gasteiger partial charge in [0.25, 0.3) is 0 Å². The molecule has 0 aliphatic carbocycles. The minimum atomic E-state index is 0.215. The average molecular weight is 396 g/mol. The third-order valence-electron chi connectivity index (χ3n) is 5.24. The highest BCUT2D eigenvalue weighted by atomic mass is 16.5. The topological polar surface area (TPSA) is 60.2 Å². The van der Waals surface area contributed by atoms with Crippen molar-refractivity contribution in [1.82, 2.24) is 15.0 Å². The fourth-order valence-electron chi connectivity index (χ4n) is 3.62. The number of nitrogens with zero attached hydrogens (tertiary/aromatic N) is 3. The molecule has 2 aromatic carbocycles. The lowest BCUT2D eigenvalue weighted by Crippen LogP contribution is -1.99. The molecule has 5 heteroatoms. The van der Waals surface area contributed by atoms with Crippen molar-refractivity contribution in [1.29, 1.82) is 0 Å². The van der Waals surface area contributed by atoms with Gasteiger partial charge in [-0.25, -0.2) is 0 Å². The van der Waals surface area contributed by atoms with Crippen molar-refractivity contribution >= 4 is 11.0 Å². The van der Waals surface area contributed by atoms with Crippen LogP contribution in [0.15, 0.2) is 36.4 Å². The van der Waals surface area contributed by atoms with Gasteiger partial charge in [-0.05, 0) is 49.6 Å². The summed E-state index contributed by atoms with van der Waals surface area (Å²) in [6.07, 6.45) is 11.5. The predicted octanol–water partition coefficient (Wildman–Crippen LogP) is 6.21. The van der Waals surface area contributed by atoms with E-state index < -0.39 is 0 Å². The molecule has 0 saturated carbocycles. The van der Waals surface area contributed by atoms with Gasteiger partial charge in [0.1, 0.15) is 28.2 Å². The summed E-state index contributed by atoms with van der Waals surface area (Å²) in [4.78, 5) is 1.50. The molecule has 3 aromatic rings. The van der Waals surface area contributed by atoms with E-state index in [-0.39, 0.29) is 5.75 Å². The van der Waals surface area contributed by atoms with Crippen molar-refractivity contribution in [3.05, 3.63) is 42.0 Å². The first-order valence-corrected chi connectivity index (χ1v) is 11.0. The number of aromatic nitrogens is 3. The molecule has 0 saturated heterocycles. The molecule has 0 bridgehead atoms. The molecule has 29 heavy (non-hydrogen) atoms. The monoisotopic (exact) mass is 395 g/mol. The SMILES string of the molecule is CCCCCCCCCCc1ccc(-n2nc3ccc(OCC)cc3n2)c(O)c1. The number of phenols is 1. The lowest BCUT2D eigenvalue weighted by molar-refractivity contribution is 0.340.